The Morgan fingerprint density at radius 2 is 1.95 bits per heavy atom. The van der Waals surface area contributed by atoms with Crippen molar-refractivity contribution in [2.24, 2.45) is 0 Å². The van der Waals surface area contributed by atoms with Crippen molar-refractivity contribution in [2.75, 3.05) is 12.8 Å². The molecule has 2 N–H and O–H groups in total. The van der Waals surface area contributed by atoms with E-state index < -0.39 is 0 Å². The second-order valence-corrected chi connectivity index (χ2v) is 4.65. The zero-order valence-electron chi connectivity index (χ0n) is 11.8. The number of nitrogens with two attached hydrogens (primary N) is 1. The van der Waals surface area contributed by atoms with Crippen LogP contribution in [0.4, 0.5) is 5.69 Å². The summed E-state index contributed by atoms with van der Waals surface area (Å²) in [4.78, 5) is 0. The summed E-state index contributed by atoms with van der Waals surface area (Å²) in [5, 5.41) is 9.15. The number of ether oxygens (including phenoxy) is 2. The highest BCUT2D eigenvalue weighted by Crippen LogP contribution is 2.34. The molecule has 5 heteroatoms. The van der Waals surface area contributed by atoms with Gasteiger partial charge in [0.2, 0.25) is 5.88 Å². The zero-order chi connectivity index (χ0) is 14.7. The second-order valence-electron chi connectivity index (χ2n) is 4.65. The molecule has 0 aliphatic rings. The van der Waals surface area contributed by atoms with E-state index in [2.05, 4.69) is 6.07 Å². The van der Waals surface area contributed by atoms with Crippen molar-refractivity contribution in [2.45, 2.75) is 19.9 Å². The molecule has 5 nitrogen and oxygen atoms in total. The molecule has 0 radical (unpaired) electrons. The maximum absolute atomic E-state index is 9.15. The van der Waals surface area contributed by atoms with E-state index in [4.69, 9.17) is 20.5 Å². The summed E-state index contributed by atoms with van der Waals surface area (Å²) >= 11 is 0. The molecule has 0 atom stereocenters. The van der Waals surface area contributed by atoms with Crippen LogP contribution in [0.1, 0.15) is 25.6 Å². The monoisotopic (exact) mass is 271 g/mol. The minimum Gasteiger partial charge on any atom is -0.497 e. The number of hydrogen-bond acceptors (Lipinski definition) is 4. The zero-order valence-corrected chi connectivity index (χ0v) is 11.8. The normalized spacial score (nSPS) is 10.3. The topological polar surface area (TPSA) is 73.2 Å². The molecular weight excluding hydrogens is 254 g/mol. The SMILES string of the molecule is COc1cccc(Oc2c(N)cc(C#N)n2C(C)C)c1. The Bertz CT molecular complexity index is 654. The average Bonchev–Trinajstić information content (AvgIpc) is 2.75. The van der Waals surface area contributed by atoms with Crippen molar-refractivity contribution in [3.63, 3.8) is 0 Å². The van der Waals surface area contributed by atoms with E-state index >= 15 is 0 Å². The summed E-state index contributed by atoms with van der Waals surface area (Å²) in [6.07, 6.45) is 0. The fraction of sp³-hybridized carbons (Fsp3) is 0.267. The third-order valence-corrected chi connectivity index (χ3v) is 2.90. The molecule has 2 aromatic rings. The number of aromatic nitrogens is 1. The van der Waals surface area contributed by atoms with E-state index in [-0.39, 0.29) is 6.04 Å². The number of rotatable bonds is 4. The van der Waals surface area contributed by atoms with Crippen LogP contribution in [0.15, 0.2) is 30.3 Å². The Balaban J connectivity index is 2.43. The van der Waals surface area contributed by atoms with Gasteiger partial charge >= 0.3 is 0 Å². The van der Waals surface area contributed by atoms with E-state index in [0.717, 1.165) is 0 Å². The van der Waals surface area contributed by atoms with Gasteiger partial charge in [0, 0.05) is 18.2 Å². The molecule has 1 heterocycles. The first-order valence-electron chi connectivity index (χ1n) is 6.29. The highest BCUT2D eigenvalue weighted by molar-refractivity contribution is 5.57. The van der Waals surface area contributed by atoms with Gasteiger partial charge in [-0.2, -0.15) is 5.26 Å². The minimum atomic E-state index is 0.0718. The molecule has 1 aromatic heterocycles. The lowest BCUT2D eigenvalue weighted by molar-refractivity contribution is 0.396. The first-order valence-corrected chi connectivity index (χ1v) is 6.29. The fourth-order valence-corrected chi connectivity index (χ4v) is 2.01. The molecule has 0 saturated carbocycles. The first-order chi connectivity index (χ1) is 9.56. The van der Waals surface area contributed by atoms with E-state index in [1.54, 1.807) is 23.8 Å². The number of nitrogens with zero attached hydrogens (tertiary/aromatic N) is 2. The van der Waals surface area contributed by atoms with Gasteiger partial charge in [0.25, 0.3) is 0 Å². The molecule has 0 saturated heterocycles. The van der Waals surface area contributed by atoms with Gasteiger partial charge < -0.3 is 15.2 Å². The van der Waals surface area contributed by atoms with Gasteiger partial charge in [-0.05, 0) is 26.0 Å². The van der Waals surface area contributed by atoms with Crippen LogP contribution >= 0.6 is 0 Å². The highest BCUT2D eigenvalue weighted by Gasteiger charge is 2.17. The van der Waals surface area contributed by atoms with Crippen LogP contribution in [-0.2, 0) is 0 Å². The van der Waals surface area contributed by atoms with Crippen molar-refractivity contribution >= 4 is 5.69 Å². The molecule has 0 aliphatic heterocycles. The number of benzene rings is 1. The number of nitriles is 1. The number of anilines is 1. The summed E-state index contributed by atoms with van der Waals surface area (Å²) in [7, 11) is 1.60. The van der Waals surface area contributed by atoms with Gasteiger partial charge in [0.15, 0.2) is 0 Å². The lowest BCUT2D eigenvalue weighted by Crippen LogP contribution is -2.06. The smallest absolute Gasteiger partial charge is 0.224 e. The maximum Gasteiger partial charge on any atom is 0.224 e. The van der Waals surface area contributed by atoms with Crippen molar-refractivity contribution in [3.05, 3.63) is 36.0 Å². The predicted octanol–water partition coefficient (Wildman–Crippen LogP) is 3.32. The van der Waals surface area contributed by atoms with Crippen molar-refractivity contribution in [1.29, 1.82) is 5.26 Å². The third kappa shape index (κ3) is 2.54. The van der Waals surface area contributed by atoms with Crippen LogP contribution in [0.2, 0.25) is 0 Å². The molecule has 0 unspecified atom stereocenters. The van der Waals surface area contributed by atoms with Crippen molar-refractivity contribution < 1.29 is 9.47 Å². The molecule has 0 amide bonds. The van der Waals surface area contributed by atoms with Crippen LogP contribution in [0, 0.1) is 11.3 Å². The quantitative estimate of drug-likeness (QED) is 0.925. The lowest BCUT2D eigenvalue weighted by Gasteiger charge is -2.15. The minimum absolute atomic E-state index is 0.0718. The molecule has 20 heavy (non-hydrogen) atoms. The lowest BCUT2D eigenvalue weighted by atomic mass is 10.3. The summed E-state index contributed by atoms with van der Waals surface area (Å²) in [5.74, 6) is 1.79. The number of hydrogen-bond donors (Lipinski definition) is 1. The van der Waals surface area contributed by atoms with Crippen LogP contribution in [-0.4, -0.2) is 11.7 Å². The molecule has 1 aromatic carbocycles. The van der Waals surface area contributed by atoms with E-state index in [9.17, 15) is 0 Å². The van der Waals surface area contributed by atoms with E-state index in [1.807, 2.05) is 32.0 Å². The fourth-order valence-electron chi connectivity index (χ4n) is 2.01. The van der Waals surface area contributed by atoms with Gasteiger partial charge in [0.05, 0.1) is 12.8 Å². The molecule has 0 spiro atoms. The molecule has 0 fully saturated rings. The molecular formula is C15H17N3O2. The first kappa shape index (κ1) is 13.8. The maximum atomic E-state index is 9.15. The van der Waals surface area contributed by atoms with Crippen molar-refractivity contribution in [3.8, 4) is 23.4 Å². The van der Waals surface area contributed by atoms with Gasteiger partial charge in [-0.25, -0.2) is 0 Å². The Morgan fingerprint density at radius 3 is 2.55 bits per heavy atom. The Morgan fingerprint density at radius 1 is 1.25 bits per heavy atom. The second kappa shape index (κ2) is 5.57. The van der Waals surface area contributed by atoms with Gasteiger partial charge in [-0.1, -0.05) is 6.07 Å². The average molecular weight is 271 g/mol. The van der Waals surface area contributed by atoms with Crippen LogP contribution in [0.3, 0.4) is 0 Å². The Labute approximate surface area is 118 Å². The standard InChI is InChI=1S/C15H17N3O2/c1-10(2)18-11(9-16)7-14(17)15(18)20-13-6-4-5-12(8-13)19-3/h4-8,10H,17H2,1-3H3. The Hall–Kier alpha value is -2.61. The highest BCUT2D eigenvalue weighted by atomic mass is 16.5. The number of methoxy groups -OCH3 is 1. The summed E-state index contributed by atoms with van der Waals surface area (Å²) in [6, 6.07) is 11.1. The molecule has 0 bridgehead atoms. The van der Waals surface area contributed by atoms with Gasteiger partial charge in [0.1, 0.15) is 23.3 Å². The third-order valence-electron chi connectivity index (χ3n) is 2.90. The molecule has 0 aliphatic carbocycles. The molecule has 2 rings (SSSR count). The van der Waals surface area contributed by atoms with E-state index in [1.165, 1.54) is 0 Å². The van der Waals surface area contributed by atoms with Crippen LogP contribution in [0.25, 0.3) is 0 Å². The van der Waals surface area contributed by atoms with Gasteiger partial charge in [-0.3, -0.25) is 4.57 Å². The summed E-state index contributed by atoms with van der Waals surface area (Å²) < 4.78 is 12.8. The van der Waals surface area contributed by atoms with Gasteiger partial charge in [-0.15, -0.1) is 0 Å². The summed E-state index contributed by atoms with van der Waals surface area (Å²) in [6.45, 7) is 3.94. The predicted molar refractivity (Wildman–Crippen MR) is 77.0 cm³/mol. The van der Waals surface area contributed by atoms with Crippen LogP contribution in [0.5, 0.6) is 17.4 Å². The Kier molecular flexibility index (Phi) is 3.85. The van der Waals surface area contributed by atoms with E-state index in [0.29, 0.717) is 28.8 Å². The number of nitrogen functional groups attached to an aromatic ring is 1. The largest absolute Gasteiger partial charge is 0.497 e. The molecule has 104 valence electrons. The van der Waals surface area contributed by atoms with Crippen molar-refractivity contribution in [1.82, 2.24) is 4.57 Å². The summed E-state index contributed by atoms with van der Waals surface area (Å²) in [5.41, 5.74) is 6.87. The van der Waals surface area contributed by atoms with Crippen LogP contribution < -0.4 is 15.2 Å².